The van der Waals surface area contributed by atoms with E-state index in [0.29, 0.717) is 6.42 Å². The first-order valence-electron chi connectivity index (χ1n) is 5.23. The number of hydrogen-bond donors (Lipinski definition) is 3. The van der Waals surface area contributed by atoms with Crippen LogP contribution >= 0.6 is 11.3 Å². The molecule has 3 aromatic rings. The summed E-state index contributed by atoms with van der Waals surface area (Å²) >= 11 is 1.62. The lowest BCUT2D eigenvalue weighted by atomic mass is 10.1. The first-order valence-corrected chi connectivity index (χ1v) is 6.11. The van der Waals surface area contributed by atoms with Crippen LogP contribution in [-0.2, 0) is 6.42 Å². The van der Waals surface area contributed by atoms with Crippen molar-refractivity contribution < 1.29 is 0 Å². The summed E-state index contributed by atoms with van der Waals surface area (Å²) in [5.41, 5.74) is 3.75. The van der Waals surface area contributed by atoms with Gasteiger partial charge >= 0.3 is 0 Å². The number of hydrogen-bond acceptors (Lipinski definition) is 5. The van der Waals surface area contributed by atoms with Crippen molar-refractivity contribution >= 4 is 16.3 Å². The first kappa shape index (κ1) is 10.5. The van der Waals surface area contributed by atoms with Gasteiger partial charge in [0.2, 0.25) is 0 Å². The van der Waals surface area contributed by atoms with E-state index >= 15 is 0 Å². The zero-order valence-electron chi connectivity index (χ0n) is 9.00. The van der Waals surface area contributed by atoms with Crippen LogP contribution in [0.25, 0.3) is 4.96 Å². The average molecular weight is 248 g/mol. The molecule has 0 fully saturated rings. The molecule has 0 aliphatic carbocycles. The SMILES string of the molecule is NNC(Cc1cn2ccsc2n1)c1ncc[nH]1. The quantitative estimate of drug-likeness (QED) is 0.472. The van der Waals surface area contributed by atoms with Crippen LogP contribution in [0.5, 0.6) is 0 Å². The molecule has 0 saturated carbocycles. The largest absolute Gasteiger partial charge is 0.347 e. The maximum absolute atomic E-state index is 5.54. The molecule has 0 amide bonds. The normalized spacial score (nSPS) is 13.2. The predicted octanol–water partition coefficient (Wildman–Crippen LogP) is 0.866. The summed E-state index contributed by atoms with van der Waals surface area (Å²) < 4.78 is 2.01. The van der Waals surface area contributed by atoms with Crippen molar-refractivity contribution in [2.24, 2.45) is 5.84 Å². The number of rotatable bonds is 4. The van der Waals surface area contributed by atoms with E-state index in [1.165, 1.54) is 0 Å². The Morgan fingerprint density at radius 2 is 2.53 bits per heavy atom. The van der Waals surface area contributed by atoms with E-state index in [0.717, 1.165) is 16.5 Å². The summed E-state index contributed by atoms with van der Waals surface area (Å²) in [6.07, 6.45) is 8.21. The minimum absolute atomic E-state index is 0.0467. The highest BCUT2D eigenvalue weighted by molar-refractivity contribution is 7.15. The summed E-state index contributed by atoms with van der Waals surface area (Å²) in [5, 5.41) is 2.01. The van der Waals surface area contributed by atoms with Crippen molar-refractivity contribution in [1.29, 1.82) is 0 Å². The molecule has 17 heavy (non-hydrogen) atoms. The Bertz CT molecular complexity index is 567. The Kier molecular flexibility index (Phi) is 2.63. The van der Waals surface area contributed by atoms with Crippen LogP contribution in [0.4, 0.5) is 0 Å². The molecule has 0 aromatic carbocycles. The molecule has 88 valence electrons. The number of hydrazine groups is 1. The van der Waals surface area contributed by atoms with Crippen LogP contribution < -0.4 is 11.3 Å². The van der Waals surface area contributed by atoms with Gasteiger partial charge in [0.1, 0.15) is 5.82 Å². The minimum atomic E-state index is -0.0467. The van der Waals surface area contributed by atoms with Crippen molar-refractivity contribution in [2.75, 3.05) is 0 Å². The van der Waals surface area contributed by atoms with Crippen LogP contribution in [0, 0.1) is 0 Å². The smallest absolute Gasteiger partial charge is 0.193 e. The highest BCUT2D eigenvalue weighted by atomic mass is 32.1. The monoisotopic (exact) mass is 248 g/mol. The van der Waals surface area contributed by atoms with E-state index in [-0.39, 0.29) is 6.04 Å². The topological polar surface area (TPSA) is 84.0 Å². The maximum atomic E-state index is 5.54. The summed E-state index contributed by atoms with van der Waals surface area (Å²) in [6.45, 7) is 0. The predicted molar refractivity (Wildman–Crippen MR) is 65.4 cm³/mol. The Morgan fingerprint density at radius 3 is 3.24 bits per heavy atom. The standard InChI is InChI=1S/C10H12N6S/c11-15-8(9-12-1-2-13-9)5-7-6-16-3-4-17-10(16)14-7/h1-4,6,8,15H,5,11H2,(H,12,13). The van der Waals surface area contributed by atoms with Crippen LogP contribution in [0.3, 0.4) is 0 Å². The van der Waals surface area contributed by atoms with Gasteiger partial charge in [-0.1, -0.05) is 0 Å². The lowest BCUT2D eigenvalue weighted by Crippen LogP contribution is -2.30. The highest BCUT2D eigenvalue weighted by Gasteiger charge is 2.14. The molecular formula is C10H12N6S. The molecule has 6 nitrogen and oxygen atoms in total. The third-order valence-corrected chi connectivity index (χ3v) is 3.38. The van der Waals surface area contributed by atoms with Gasteiger partial charge in [-0.05, 0) is 0 Å². The lowest BCUT2D eigenvalue weighted by Gasteiger charge is -2.11. The molecule has 3 heterocycles. The number of nitrogens with one attached hydrogen (secondary N) is 2. The number of aromatic nitrogens is 4. The van der Waals surface area contributed by atoms with Gasteiger partial charge in [-0.3, -0.25) is 10.2 Å². The Labute approximate surface area is 101 Å². The van der Waals surface area contributed by atoms with Crippen LogP contribution in [-0.4, -0.2) is 19.4 Å². The molecule has 3 aromatic heterocycles. The van der Waals surface area contributed by atoms with Crippen LogP contribution in [0.15, 0.2) is 30.2 Å². The van der Waals surface area contributed by atoms with Gasteiger partial charge in [-0.15, -0.1) is 11.3 Å². The van der Waals surface area contributed by atoms with Crippen molar-refractivity contribution in [3.63, 3.8) is 0 Å². The van der Waals surface area contributed by atoms with Crippen LogP contribution in [0.2, 0.25) is 0 Å². The summed E-state index contributed by atoms with van der Waals surface area (Å²) in [4.78, 5) is 12.8. The number of nitrogens with zero attached hydrogens (tertiary/aromatic N) is 3. The molecule has 1 unspecified atom stereocenters. The second-order valence-corrected chi connectivity index (χ2v) is 4.60. The molecule has 0 bridgehead atoms. The van der Waals surface area contributed by atoms with E-state index in [1.54, 1.807) is 23.7 Å². The highest BCUT2D eigenvalue weighted by Crippen LogP contribution is 2.16. The molecule has 0 spiro atoms. The van der Waals surface area contributed by atoms with Gasteiger partial charge in [0.15, 0.2) is 4.96 Å². The second-order valence-electron chi connectivity index (χ2n) is 3.72. The van der Waals surface area contributed by atoms with E-state index in [1.807, 2.05) is 22.2 Å². The van der Waals surface area contributed by atoms with Crippen molar-refractivity contribution in [3.05, 3.63) is 41.7 Å². The van der Waals surface area contributed by atoms with E-state index in [9.17, 15) is 0 Å². The number of H-pyrrole nitrogens is 1. The summed E-state index contributed by atoms with van der Waals surface area (Å²) in [5.74, 6) is 6.36. The van der Waals surface area contributed by atoms with Gasteiger partial charge in [-0.2, -0.15) is 0 Å². The number of imidazole rings is 2. The summed E-state index contributed by atoms with van der Waals surface area (Å²) in [7, 11) is 0. The fourth-order valence-corrected chi connectivity index (χ4v) is 2.51. The third kappa shape index (κ3) is 1.95. The molecule has 0 radical (unpaired) electrons. The van der Waals surface area contributed by atoms with Crippen LogP contribution in [0.1, 0.15) is 17.6 Å². The minimum Gasteiger partial charge on any atom is -0.347 e. The molecule has 0 aliphatic rings. The average Bonchev–Trinajstić information content (AvgIpc) is 3.01. The fraction of sp³-hybridized carbons (Fsp3) is 0.200. The van der Waals surface area contributed by atoms with E-state index in [4.69, 9.17) is 5.84 Å². The molecule has 3 rings (SSSR count). The molecule has 0 aliphatic heterocycles. The number of thiazole rings is 1. The van der Waals surface area contributed by atoms with Gasteiger partial charge in [0.05, 0.1) is 11.7 Å². The van der Waals surface area contributed by atoms with Crippen molar-refractivity contribution in [2.45, 2.75) is 12.5 Å². The zero-order chi connectivity index (χ0) is 11.7. The molecule has 4 N–H and O–H groups in total. The van der Waals surface area contributed by atoms with Gasteiger partial charge in [0, 0.05) is 36.6 Å². The molecular weight excluding hydrogens is 236 g/mol. The van der Waals surface area contributed by atoms with E-state index < -0.39 is 0 Å². The Balaban J connectivity index is 1.83. The number of aromatic amines is 1. The van der Waals surface area contributed by atoms with Gasteiger partial charge in [-0.25, -0.2) is 15.4 Å². The van der Waals surface area contributed by atoms with Gasteiger partial charge < -0.3 is 4.98 Å². The first-order chi connectivity index (χ1) is 8.36. The van der Waals surface area contributed by atoms with Gasteiger partial charge in [0.25, 0.3) is 0 Å². The van der Waals surface area contributed by atoms with Crippen molar-refractivity contribution in [1.82, 2.24) is 24.8 Å². The molecule has 7 heteroatoms. The second kappa shape index (κ2) is 4.28. The summed E-state index contributed by atoms with van der Waals surface area (Å²) in [6, 6.07) is -0.0467. The fourth-order valence-electron chi connectivity index (χ4n) is 1.79. The molecule has 1 atom stereocenters. The third-order valence-electron chi connectivity index (χ3n) is 2.61. The number of fused-ring (bicyclic) bond motifs is 1. The number of nitrogens with two attached hydrogens (primary N) is 1. The maximum Gasteiger partial charge on any atom is 0.193 e. The zero-order valence-corrected chi connectivity index (χ0v) is 9.81. The lowest BCUT2D eigenvalue weighted by molar-refractivity contribution is 0.523. The van der Waals surface area contributed by atoms with E-state index in [2.05, 4.69) is 20.4 Å². The Morgan fingerprint density at radius 1 is 1.59 bits per heavy atom. The molecule has 0 saturated heterocycles. The van der Waals surface area contributed by atoms with Crippen molar-refractivity contribution in [3.8, 4) is 0 Å². The Hall–Kier alpha value is -1.70.